The minimum atomic E-state index is -0.165. The largest absolute Gasteiger partial charge is 0.506 e. The van der Waals surface area contributed by atoms with Crippen molar-refractivity contribution < 1.29 is 5.11 Å². The lowest BCUT2D eigenvalue weighted by Gasteiger charge is -2.33. The van der Waals surface area contributed by atoms with Crippen LogP contribution in [0.15, 0.2) is 41.4 Å². The van der Waals surface area contributed by atoms with E-state index in [0.717, 1.165) is 21.5 Å². The van der Waals surface area contributed by atoms with Crippen molar-refractivity contribution in [3.63, 3.8) is 0 Å². The van der Waals surface area contributed by atoms with Crippen molar-refractivity contribution in [3.8, 4) is 16.9 Å². The molecule has 2 N–H and O–H groups in total. The standard InChI is InChI=1S/C19H17ClN2OS2/c1-10-4-6-12-13(8-10)22-19(2,3)17-16(12)18(25-24-17)21-14-9-11(20)5-7-15(14)23/h4-9,22-23H,1-3H3. The topological polar surface area (TPSA) is 44.6 Å². The molecular formula is C19H17ClN2OS2. The number of fused-ring (bicyclic) bond motifs is 3. The summed E-state index contributed by atoms with van der Waals surface area (Å²) in [6.45, 7) is 6.46. The van der Waals surface area contributed by atoms with E-state index in [4.69, 9.17) is 16.6 Å². The van der Waals surface area contributed by atoms with Crippen molar-refractivity contribution >= 4 is 43.7 Å². The van der Waals surface area contributed by atoms with Gasteiger partial charge in [0.05, 0.1) is 10.4 Å². The summed E-state index contributed by atoms with van der Waals surface area (Å²) in [5.41, 5.74) is 4.96. The zero-order chi connectivity index (χ0) is 17.8. The summed E-state index contributed by atoms with van der Waals surface area (Å²) in [5, 5.41) is 14.3. The van der Waals surface area contributed by atoms with Crippen molar-refractivity contribution in [1.29, 1.82) is 0 Å². The van der Waals surface area contributed by atoms with Crippen LogP contribution >= 0.6 is 32.3 Å². The van der Waals surface area contributed by atoms with Gasteiger partial charge in [0.25, 0.3) is 0 Å². The molecule has 0 spiro atoms. The van der Waals surface area contributed by atoms with E-state index in [1.807, 2.05) is 0 Å². The van der Waals surface area contributed by atoms with Crippen LogP contribution in [0.5, 0.6) is 5.75 Å². The van der Waals surface area contributed by atoms with Gasteiger partial charge in [-0.1, -0.05) is 44.4 Å². The lowest BCUT2D eigenvalue weighted by Crippen LogP contribution is -2.31. The Morgan fingerprint density at radius 1 is 1.12 bits per heavy atom. The first-order valence-electron chi connectivity index (χ1n) is 7.91. The fourth-order valence-corrected chi connectivity index (χ4v) is 6.16. The Labute approximate surface area is 158 Å². The normalized spacial score (nSPS) is 15.4. The average molecular weight is 389 g/mol. The Bertz CT molecular complexity index is 1050. The van der Waals surface area contributed by atoms with Gasteiger partial charge in [-0.15, -0.1) is 0 Å². The quantitative estimate of drug-likeness (QED) is 0.499. The molecule has 6 heteroatoms. The van der Waals surface area contributed by atoms with Crippen LogP contribution in [0.4, 0.5) is 11.4 Å². The molecular weight excluding hydrogens is 372 g/mol. The Morgan fingerprint density at radius 3 is 2.72 bits per heavy atom. The van der Waals surface area contributed by atoms with Crippen molar-refractivity contribution in [3.05, 3.63) is 56.5 Å². The fourth-order valence-electron chi connectivity index (χ4n) is 3.06. The first-order valence-corrected chi connectivity index (χ1v) is 10.4. The number of aromatic hydroxyl groups is 1. The molecule has 0 saturated carbocycles. The van der Waals surface area contributed by atoms with Crippen LogP contribution in [0.2, 0.25) is 5.02 Å². The van der Waals surface area contributed by atoms with Crippen molar-refractivity contribution in [2.45, 2.75) is 26.3 Å². The maximum atomic E-state index is 10.1. The van der Waals surface area contributed by atoms with E-state index >= 15 is 0 Å². The van der Waals surface area contributed by atoms with Crippen molar-refractivity contribution in [2.75, 3.05) is 5.32 Å². The highest BCUT2D eigenvalue weighted by atomic mass is 35.5. The van der Waals surface area contributed by atoms with Gasteiger partial charge in [0, 0.05) is 21.8 Å². The molecule has 0 unspecified atom stereocenters. The van der Waals surface area contributed by atoms with E-state index in [1.165, 1.54) is 10.4 Å². The summed E-state index contributed by atoms with van der Waals surface area (Å²) in [6, 6.07) is 11.4. The van der Waals surface area contributed by atoms with E-state index < -0.39 is 0 Å². The maximum absolute atomic E-state index is 10.1. The minimum Gasteiger partial charge on any atom is -0.506 e. The highest BCUT2D eigenvalue weighted by Gasteiger charge is 2.33. The van der Waals surface area contributed by atoms with Gasteiger partial charge < -0.3 is 10.4 Å². The van der Waals surface area contributed by atoms with Gasteiger partial charge in [0.1, 0.15) is 16.1 Å². The molecule has 3 nitrogen and oxygen atoms in total. The maximum Gasteiger partial charge on any atom is 0.141 e. The number of phenolic OH excluding ortho intramolecular Hbond substituents is 1. The number of aryl methyl sites for hydroxylation is 1. The van der Waals surface area contributed by atoms with E-state index in [1.54, 1.807) is 38.9 Å². The van der Waals surface area contributed by atoms with Crippen LogP contribution in [-0.4, -0.2) is 5.11 Å². The predicted molar refractivity (Wildman–Crippen MR) is 107 cm³/mol. The number of nitrogens with zero attached hydrogens (tertiary/aromatic N) is 1. The van der Waals surface area contributed by atoms with E-state index in [-0.39, 0.29) is 11.3 Å². The predicted octanol–water partition coefficient (Wildman–Crippen LogP) is 6.04. The third-order valence-corrected chi connectivity index (χ3v) is 7.14. The van der Waals surface area contributed by atoms with Crippen LogP contribution in [0.3, 0.4) is 0 Å². The molecule has 1 aliphatic heterocycles. The number of benzene rings is 2. The number of halogens is 1. The van der Waals surface area contributed by atoms with Gasteiger partial charge in [-0.3, -0.25) is 0 Å². The lowest BCUT2D eigenvalue weighted by molar-refractivity contribution is 0.476. The first kappa shape index (κ1) is 16.6. The Morgan fingerprint density at radius 2 is 1.92 bits per heavy atom. The van der Waals surface area contributed by atoms with Crippen LogP contribution < -0.4 is 9.99 Å². The van der Waals surface area contributed by atoms with Gasteiger partial charge >= 0.3 is 0 Å². The van der Waals surface area contributed by atoms with Crippen LogP contribution in [-0.2, 0) is 5.54 Å². The molecule has 3 aromatic rings. The zero-order valence-electron chi connectivity index (χ0n) is 14.1. The molecule has 0 radical (unpaired) electrons. The van der Waals surface area contributed by atoms with Gasteiger partial charge in [-0.05, 0) is 50.6 Å². The molecule has 1 aromatic heterocycles. The van der Waals surface area contributed by atoms with E-state index in [9.17, 15) is 5.11 Å². The summed E-state index contributed by atoms with van der Waals surface area (Å²) in [5.74, 6) is 0.133. The highest BCUT2D eigenvalue weighted by Crippen LogP contribution is 2.45. The van der Waals surface area contributed by atoms with Crippen LogP contribution in [0.25, 0.3) is 11.1 Å². The smallest absolute Gasteiger partial charge is 0.141 e. The Balaban J connectivity index is 2.00. The molecule has 0 fully saturated rings. The second kappa shape index (κ2) is 5.87. The van der Waals surface area contributed by atoms with Crippen LogP contribution in [0, 0.1) is 6.92 Å². The van der Waals surface area contributed by atoms with Crippen LogP contribution in [0.1, 0.15) is 24.3 Å². The molecule has 0 atom stereocenters. The number of anilines is 1. The molecule has 4 rings (SSSR count). The second-order valence-corrected chi connectivity index (χ2v) is 9.28. The molecule has 0 aliphatic carbocycles. The Hall–Kier alpha value is -1.82. The van der Waals surface area contributed by atoms with Crippen molar-refractivity contribution in [1.82, 2.24) is 0 Å². The number of nitrogens with one attached hydrogen (secondary N) is 1. The molecule has 0 saturated heterocycles. The Kier molecular flexibility index (Phi) is 3.90. The van der Waals surface area contributed by atoms with Gasteiger partial charge in [-0.25, -0.2) is 4.99 Å². The van der Waals surface area contributed by atoms with E-state index in [2.05, 4.69) is 44.3 Å². The highest BCUT2D eigenvalue weighted by molar-refractivity contribution is 7.68. The molecule has 0 bridgehead atoms. The summed E-state index contributed by atoms with van der Waals surface area (Å²) >= 11 is 6.07. The number of hydrogen-bond acceptors (Lipinski definition) is 5. The zero-order valence-corrected chi connectivity index (χ0v) is 16.4. The fraction of sp³-hybridized carbons (Fsp3) is 0.211. The van der Waals surface area contributed by atoms with E-state index in [0.29, 0.717) is 10.7 Å². The van der Waals surface area contributed by atoms with Gasteiger partial charge in [0.15, 0.2) is 0 Å². The van der Waals surface area contributed by atoms with Crippen molar-refractivity contribution in [2.24, 2.45) is 4.99 Å². The molecule has 2 heterocycles. The number of rotatable bonds is 1. The molecule has 2 aromatic carbocycles. The third kappa shape index (κ3) is 2.86. The minimum absolute atomic E-state index is 0.133. The second-order valence-electron chi connectivity index (χ2n) is 6.72. The molecule has 25 heavy (non-hydrogen) atoms. The molecule has 128 valence electrons. The summed E-state index contributed by atoms with van der Waals surface area (Å²) in [7, 11) is 3.35. The average Bonchev–Trinajstić information content (AvgIpc) is 2.95. The molecule has 1 aliphatic rings. The lowest BCUT2D eigenvalue weighted by atomic mass is 9.89. The summed E-state index contributed by atoms with van der Waals surface area (Å²) in [6.07, 6.45) is 0. The SMILES string of the molecule is Cc1ccc2c(c1)NC(C)(C)c1ssc(=Nc3cc(Cl)ccc3O)c1-2. The monoisotopic (exact) mass is 388 g/mol. The number of phenols is 1. The first-order chi connectivity index (χ1) is 11.8. The third-order valence-electron chi connectivity index (χ3n) is 4.26. The van der Waals surface area contributed by atoms with Gasteiger partial charge in [-0.2, -0.15) is 0 Å². The summed E-state index contributed by atoms with van der Waals surface area (Å²) in [4.78, 5) is 5.99. The summed E-state index contributed by atoms with van der Waals surface area (Å²) < 4.78 is 0.900. The molecule has 0 amide bonds. The van der Waals surface area contributed by atoms with Gasteiger partial charge in [0.2, 0.25) is 0 Å². The number of hydrogen-bond donors (Lipinski definition) is 2.